The van der Waals surface area contributed by atoms with E-state index >= 15 is 0 Å². The zero-order valence-corrected chi connectivity index (χ0v) is 29.9. The molecule has 10 heteroatoms. The van der Waals surface area contributed by atoms with E-state index in [4.69, 9.17) is 0 Å². The van der Waals surface area contributed by atoms with Crippen LogP contribution in [0.2, 0.25) is 0 Å². The lowest BCUT2D eigenvalue weighted by atomic mass is 9.73. The Morgan fingerprint density at radius 2 is 1.61 bits per heavy atom. The summed E-state index contributed by atoms with van der Waals surface area (Å²) in [5.74, 6) is -2.73. The number of carbonyl (C=O) groups is 6. The monoisotopic (exact) mass is 676 g/mol. The van der Waals surface area contributed by atoms with Crippen LogP contribution in [0.25, 0.3) is 0 Å². The standard InChI is InChI=1S/C39H56N4O6/c1-5-9-27(36(47)32(46)18-23-12-13-23)20-30(44)33-25-14-15-26(19-25)35(33)43-37(48)28(39(2,3)4)21-31(45)34(24-10-7-6-8-11-24)42-38(49)29-22-40-16-17-41-29/h16-17,22-28,33-35H,5-15,18-21H2,1-4H3,(H,42,49)(H,43,48)/t25-,26+,27?,28-,33+,34+,35+/m1/s1. The topological polar surface area (TPSA) is 152 Å². The molecule has 4 saturated carbocycles. The van der Waals surface area contributed by atoms with Crippen molar-refractivity contribution in [3.05, 3.63) is 24.3 Å². The third kappa shape index (κ3) is 9.28. The summed E-state index contributed by atoms with van der Waals surface area (Å²) in [4.78, 5) is 89.5. The summed E-state index contributed by atoms with van der Waals surface area (Å²) >= 11 is 0. The van der Waals surface area contributed by atoms with Crippen LogP contribution in [0.4, 0.5) is 0 Å². The first-order valence-electron chi connectivity index (χ1n) is 18.9. The van der Waals surface area contributed by atoms with E-state index in [2.05, 4.69) is 20.6 Å². The first kappa shape index (κ1) is 37.0. The smallest absolute Gasteiger partial charge is 0.272 e. The predicted octanol–water partition coefficient (Wildman–Crippen LogP) is 5.62. The first-order chi connectivity index (χ1) is 23.4. The number of fused-ring (bicyclic) bond motifs is 2. The molecule has 0 spiro atoms. The Bertz CT molecular complexity index is 1380. The van der Waals surface area contributed by atoms with Crippen LogP contribution in [0.1, 0.15) is 134 Å². The molecular formula is C39H56N4O6. The Labute approximate surface area is 291 Å². The Morgan fingerprint density at radius 3 is 2.24 bits per heavy atom. The van der Waals surface area contributed by atoms with Gasteiger partial charge in [0.2, 0.25) is 11.7 Å². The SMILES string of the molecule is CCCC(CC(=O)[C@@H]1[C@@H]2CC[C@@H](C2)[C@@H]1NC(=O)[C@@H](CC(=O)[C@@H](NC(=O)c1cnccn1)C1CCCCC1)C(C)(C)C)C(=O)C(=O)CC1CC1. The van der Waals surface area contributed by atoms with Crippen molar-refractivity contribution < 1.29 is 28.8 Å². The normalized spacial score (nSPS) is 25.6. The maximum absolute atomic E-state index is 14.2. The van der Waals surface area contributed by atoms with Crippen molar-refractivity contribution >= 4 is 34.9 Å². The van der Waals surface area contributed by atoms with Crippen LogP contribution in [0.3, 0.4) is 0 Å². The van der Waals surface area contributed by atoms with Crippen LogP contribution in [0, 0.1) is 46.8 Å². The molecule has 1 aromatic heterocycles. The van der Waals surface area contributed by atoms with Gasteiger partial charge < -0.3 is 10.6 Å². The summed E-state index contributed by atoms with van der Waals surface area (Å²) in [5.41, 5.74) is -0.424. The van der Waals surface area contributed by atoms with E-state index < -0.39 is 40.9 Å². The molecule has 2 N–H and O–H groups in total. The van der Waals surface area contributed by atoms with Crippen LogP contribution < -0.4 is 10.6 Å². The van der Waals surface area contributed by atoms with E-state index in [1.54, 1.807) is 0 Å². The molecule has 1 aromatic rings. The number of aromatic nitrogens is 2. The van der Waals surface area contributed by atoms with Gasteiger partial charge in [0, 0.05) is 55.5 Å². The number of nitrogens with one attached hydrogen (secondary N) is 2. The minimum absolute atomic E-state index is 0.0203. The molecule has 1 heterocycles. The van der Waals surface area contributed by atoms with Gasteiger partial charge in [0.25, 0.3) is 5.91 Å². The number of amides is 2. The largest absolute Gasteiger partial charge is 0.352 e. The van der Waals surface area contributed by atoms with Crippen molar-refractivity contribution in [3.8, 4) is 0 Å². The summed E-state index contributed by atoms with van der Waals surface area (Å²) in [6.45, 7) is 7.80. The highest BCUT2D eigenvalue weighted by atomic mass is 16.2. The molecule has 0 saturated heterocycles. The second kappa shape index (κ2) is 16.2. The third-order valence-corrected chi connectivity index (χ3v) is 11.8. The van der Waals surface area contributed by atoms with E-state index in [9.17, 15) is 28.8 Å². The quantitative estimate of drug-likeness (QED) is 0.202. The molecule has 4 fully saturated rings. The number of hydrogen-bond acceptors (Lipinski definition) is 8. The number of ketones is 4. The molecule has 10 nitrogen and oxygen atoms in total. The van der Waals surface area contributed by atoms with E-state index in [-0.39, 0.29) is 65.6 Å². The maximum Gasteiger partial charge on any atom is 0.272 e. The average Bonchev–Trinajstić information content (AvgIpc) is 3.66. The van der Waals surface area contributed by atoms with Gasteiger partial charge in [-0.1, -0.05) is 53.4 Å². The summed E-state index contributed by atoms with van der Waals surface area (Å²) in [6, 6.07) is -1.09. The molecule has 49 heavy (non-hydrogen) atoms. The van der Waals surface area contributed by atoms with Crippen molar-refractivity contribution in [2.45, 2.75) is 136 Å². The summed E-state index contributed by atoms with van der Waals surface area (Å²) in [6.07, 6.45) is 15.2. The Morgan fingerprint density at radius 1 is 0.898 bits per heavy atom. The minimum Gasteiger partial charge on any atom is -0.352 e. The van der Waals surface area contributed by atoms with E-state index in [0.29, 0.717) is 25.2 Å². The minimum atomic E-state index is -0.736. The van der Waals surface area contributed by atoms with E-state index in [1.807, 2.05) is 27.7 Å². The molecule has 2 amide bonds. The zero-order chi connectivity index (χ0) is 35.3. The second-order valence-electron chi connectivity index (χ2n) is 16.5. The Kier molecular flexibility index (Phi) is 12.2. The van der Waals surface area contributed by atoms with Crippen molar-refractivity contribution in [3.63, 3.8) is 0 Å². The molecule has 2 bridgehead atoms. The highest BCUT2D eigenvalue weighted by molar-refractivity contribution is 6.38. The number of rotatable bonds is 17. The molecule has 268 valence electrons. The highest BCUT2D eigenvalue weighted by Crippen LogP contribution is 2.50. The molecule has 4 aliphatic carbocycles. The Balaban J connectivity index is 1.29. The Hall–Kier alpha value is -3.30. The lowest BCUT2D eigenvalue weighted by Crippen LogP contribution is -2.52. The van der Waals surface area contributed by atoms with Crippen molar-refractivity contribution in [1.29, 1.82) is 0 Å². The predicted molar refractivity (Wildman–Crippen MR) is 184 cm³/mol. The molecule has 5 rings (SSSR count). The lowest BCUT2D eigenvalue weighted by molar-refractivity contribution is -0.141. The van der Waals surface area contributed by atoms with Gasteiger partial charge in [0.05, 0.1) is 12.2 Å². The van der Waals surface area contributed by atoms with Gasteiger partial charge in [-0.2, -0.15) is 0 Å². The second-order valence-corrected chi connectivity index (χ2v) is 16.5. The van der Waals surface area contributed by atoms with E-state index in [1.165, 1.54) is 18.6 Å². The van der Waals surface area contributed by atoms with Gasteiger partial charge in [-0.05, 0) is 80.5 Å². The fraction of sp³-hybridized carbons (Fsp3) is 0.744. The van der Waals surface area contributed by atoms with Crippen molar-refractivity contribution in [2.24, 2.45) is 46.8 Å². The molecule has 7 atom stereocenters. The average molecular weight is 677 g/mol. The van der Waals surface area contributed by atoms with Crippen molar-refractivity contribution in [2.75, 3.05) is 0 Å². The van der Waals surface area contributed by atoms with Crippen LogP contribution in [-0.2, 0) is 24.0 Å². The van der Waals surface area contributed by atoms with Gasteiger partial charge in [0.1, 0.15) is 11.5 Å². The molecule has 0 aliphatic heterocycles. The molecular weight excluding hydrogens is 620 g/mol. The summed E-state index contributed by atoms with van der Waals surface area (Å²) < 4.78 is 0. The fourth-order valence-corrected chi connectivity index (χ4v) is 8.87. The maximum atomic E-state index is 14.2. The number of Topliss-reactive ketones (excluding diaryl/α,β-unsaturated/α-hetero) is 4. The number of carbonyl (C=O) groups excluding carboxylic acids is 6. The van der Waals surface area contributed by atoms with Crippen LogP contribution >= 0.6 is 0 Å². The lowest BCUT2D eigenvalue weighted by Gasteiger charge is -2.36. The van der Waals surface area contributed by atoms with Gasteiger partial charge in [-0.15, -0.1) is 0 Å². The first-order valence-corrected chi connectivity index (χ1v) is 18.9. The highest BCUT2D eigenvalue weighted by Gasteiger charge is 2.52. The molecule has 0 radical (unpaired) electrons. The third-order valence-electron chi connectivity index (χ3n) is 11.8. The molecule has 0 aromatic carbocycles. The van der Waals surface area contributed by atoms with Gasteiger partial charge in [-0.3, -0.25) is 33.8 Å². The summed E-state index contributed by atoms with van der Waals surface area (Å²) in [5, 5.41) is 6.22. The number of hydrogen-bond donors (Lipinski definition) is 2. The molecule has 1 unspecified atom stereocenters. The van der Waals surface area contributed by atoms with Gasteiger partial charge >= 0.3 is 0 Å². The fourth-order valence-electron chi connectivity index (χ4n) is 8.87. The zero-order valence-electron chi connectivity index (χ0n) is 29.9. The van der Waals surface area contributed by atoms with Gasteiger partial charge in [0.15, 0.2) is 11.6 Å². The number of nitrogens with zero attached hydrogens (tertiary/aromatic N) is 2. The van der Waals surface area contributed by atoms with E-state index in [0.717, 1.165) is 64.2 Å². The van der Waals surface area contributed by atoms with Crippen LogP contribution in [0.15, 0.2) is 18.6 Å². The van der Waals surface area contributed by atoms with Gasteiger partial charge in [-0.25, -0.2) is 4.98 Å². The van der Waals surface area contributed by atoms with Crippen LogP contribution in [-0.4, -0.2) is 57.0 Å². The summed E-state index contributed by atoms with van der Waals surface area (Å²) in [7, 11) is 0. The van der Waals surface area contributed by atoms with Crippen LogP contribution in [0.5, 0.6) is 0 Å². The van der Waals surface area contributed by atoms with Crippen molar-refractivity contribution in [1.82, 2.24) is 20.6 Å². The molecule has 4 aliphatic rings.